The van der Waals surface area contributed by atoms with Gasteiger partial charge in [0, 0.05) is 6.54 Å². The summed E-state index contributed by atoms with van der Waals surface area (Å²) in [5.74, 6) is -0.932. The van der Waals surface area contributed by atoms with Crippen LogP contribution in [0, 0.1) is 0 Å². The third-order valence-corrected chi connectivity index (χ3v) is 3.28. The van der Waals surface area contributed by atoms with E-state index in [0.29, 0.717) is 6.54 Å². The van der Waals surface area contributed by atoms with Gasteiger partial charge < -0.3 is 10.0 Å². The Bertz CT molecular complexity index is 575. The van der Waals surface area contributed by atoms with Crippen molar-refractivity contribution >= 4 is 17.0 Å². The van der Waals surface area contributed by atoms with Crippen molar-refractivity contribution in [2.45, 2.75) is 20.4 Å². The Morgan fingerprint density at radius 2 is 2.11 bits per heavy atom. The van der Waals surface area contributed by atoms with Gasteiger partial charge in [-0.2, -0.15) is 0 Å². The molecule has 0 spiro atoms. The number of carboxylic acids is 1. The Labute approximate surface area is 111 Å². The molecule has 1 aromatic carbocycles. The smallest absolute Gasteiger partial charge is 0.335 e. The first-order valence-electron chi connectivity index (χ1n) is 6.44. The monoisotopic (exact) mass is 262 g/mol. The van der Waals surface area contributed by atoms with Crippen molar-refractivity contribution in [3.8, 4) is 0 Å². The Balaban J connectivity index is 2.23. The summed E-state index contributed by atoms with van der Waals surface area (Å²) < 4.78 is 1.76. The zero-order valence-corrected chi connectivity index (χ0v) is 11.2. The Morgan fingerprint density at radius 1 is 1.37 bits per heavy atom. The maximum Gasteiger partial charge on any atom is 0.335 e. The number of carboxylic acid groups (broad SMARTS) is 1. The van der Waals surface area contributed by atoms with Gasteiger partial charge in [-0.3, -0.25) is 0 Å². The highest BCUT2D eigenvalue weighted by atomic mass is 16.4. The molecule has 1 N–H and O–H groups in total. The lowest BCUT2D eigenvalue weighted by Crippen LogP contribution is -2.27. The van der Waals surface area contributed by atoms with E-state index in [1.807, 2.05) is 0 Å². The van der Waals surface area contributed by atoms with Gasteiger partial charge in [0.05, 0.1) is 17.6 Å². The summed E-state index contributed by atoms with van der Waals surface area (Å²) in [4.78, 5) is 13.3. The quantitative estimate of drug-likeness (QED) is 0.853. The number of aromatic carboxylic acids is 1. The fraction of sp³-hybridized carbons (Fsp3) is 0.462. The number of aromatic nitrogens is 3. The molecular formula is C13H18N4O2. The normalized spacial score (nSPS) is 11.3. The molecule has 0 unspecified atom stereocenters. The molecule has 0 aliphatic carbocycles. The van der Waals surface area contributed by atoms with Gasteiger partial charge in [0.1, 0.15) is 5.52 Å². The number of hydrogen-bond donors (Lipinski definition) is 1. The average Bonchev–Trinajstić information content (AvgIpc) is 2.82. The van der Waals surface area contributed by atoms with E-state index in [1.54, 1.807) is 22.9 Å². The predicted molar refractivity (Wildman–Crippen MR) is 72.3 cm³/mol. The van der Waals surface area contributed by atoms with Gasteiger partial charge in [-0.15, -0.1) is 5.10 Å². The highest BCUT2D eigenvalue weighted by Crippen LogP contribution is 2.13. The lowest BCUT2D eigenvalue weighted by Gasteiger charge is -2.17. The van der Waals surface area contributed by atoms with Crippen LogP contribution in [0.5, 0.6) is 0 Å². The minimum atomic E-state index is -0.932. The van der Waals surface area contributed by atoms with Crippen molar-refractivity contribution in [3.05, 3.63) is 23.8 Å². The number of nitrogens with zero attached hydrogens (tertiary/aromatic N) is 4. The third-order valence-electron chi connectivity index (χ3n) is 3.28. The fourth-order valence-corrected chi connectivity index (χ4v) is 2.04. The van der Waals surface area contributed by atoms with Crippen LogP contribution >= 0.6 is 0 Å². The molecule has 2 rings (SSSR count). The summed E-state index contributed by atoms with van der Waals surface area (Å²) in [6, 6.07) is 4.87. The number of benzene rings is 1. The van der Waals surface area contributed by atoms with Crippen LogP contribution in [0.3, 0.4) is 0 Å². The summed E-state index contributed by atoms with van der Waals surface area (Å²) in [5.41, 5.74) is 1.76. The van der Waals surface area contributed by atoms with Crippen LogP contribution in [0.25, 0.3) is 11.0 Å². The van der Waals surface area contributed by atoms with E-state index in [0.717, 1.165) is 30.7 Å². The molecule has 0 aliphatic rings. The molecule has 1 heterocycles. The second kappa shape index (κ2) is 5.79. The number of likely N-dealkylation sites (N-methyl/N-ethyl adjacent to an activating group) is 1. The molecule has 0 saturated carbocycles. The first-order valence-corrected chi connectivity index (χ1v) is 6.44. The average molecular weight is 262 g/mol. The number of hydrogen-bond acceptors (Lipinski definition) is 4. The third kappa shape index (κ3) is 2.90. The van der Waals surface area contributed by atoms with E-state index in [9.17, 15) is 4.79 Å². The molecule has 6 nitrogen and oxygen atoms in total. The molecule has 2 aromatic rings. The van der Waals surface area contributed by atoms with E-state index in [1.165, 1.54) is 0 Å². The molecule has 0 saturated heterocycles. The summed E-state index contributed by atoms with van der Waals surface area (Å²) >= 11 is 0. The van der Waals surface area contributed by atoms with Crippen molar-refractivity contribution in [2.24, 2.45) is 0 Å². The molecule has 6 heteroatoms. The van der Waals surface area contributed by atoms with Gasteiger partial charge in [0.15, 0.2) is 0 Å². The van der Waals surface area contributed by atoms with Crippen molar-refractivity contribution in [3.63, 3.8) is 0 Å². The van der Waals surface area contributed by atoms with Crippen molar-refractivity contribution in [2.75, 3.05) is 19.6 Å². The standard InChI is InChI=1S/C13H18N4O2/c1-3-16(4-2)7-8-17-12-9-10(13(18)19)5-6-11(12)14-15-17/h5-6,9H,3-4,7-8H2,1-2H3,(H,18,19). The number of rotatable bonds is 6. The fourth-order valence-electron chi connectivity index (χ4n) is 2.04. The van der Waals surface area contributed by atoms with Gasteiger partial charge in [-0.1, -0.05) is 19.1 Å². The van der Waals surface area contributed by atoms with Crippen molar-refractivity contribution in [1.29, 1.82) is 0 Å². The maximum atomic E-state index is 11.0. The van der Waals surface area contributed by atoms with Gasteiger partial charge in [-0.25, -0.2) is 9.48 Å². The largest absolute Gasteiger partial charge is 0.478 e. The van der Waals surface area contributed by atoms with Gasteiger partial charge in [0.2, 0.25) is 0 Å². The van der Waals surface area contributed by atoms with Crippen LogP contribution in [0.1, 0.15) is 24.2 Å². The molecule has 0 radical (unpaired) electrons. The van der Waals surface area contributed by atoms with Crippen LogP contribution in [0.2, 0.25) is 0 Å². The molecule has 0 amide bonds. The minimum Gasteiger partial charge on any atom is -0.478 e. The van der Waals surface area contributed by atoms with Crippen LogP contribution < -0.4 is 0 Å². The zero-order chi connectivity index (χ0) is 13.8. The lowest BCUT2D eigenvalue weighted by molar-refractivity contribution is 0.0697. The summed E-state index contributed by atoms with van der Waals surface area (Å²) in [6.07, 6.45) is 0. The number of carbonyl (C=O) groups is 1. The molecule has 0 bridgehead atoms. The highest BCUT2D eigenvalue weighted by molar-refractivity contribution is 5.92. The van der Waals surface area contributed by atoms with Gasteiger partial charge >= 0.3 is 5.97 Å². The second-order valence-electron chi connectivity index (χ2n) is 4.35. The molecule has 0 fully saturated rings. The summed E-state index contributed by atoms with van der Waals surface area (Å²) in [6.45, 7) is 7.80. The summed E-state index contributed by atoms with van der Waals surface area (Å²) in [7, 11) is 0. The van der Waals surface area contributed by atoms with E-state index < -0.39 is 5.97 Å². The van der Waals surface area contributed by atoms with Gasteiger partial charge in [-0.05, 0) is 31.3 Å². The van der Waals surface area contributed by atoms with Crippen molar-refractivity contribution in [1.82, 2.24) is 19.9 Å². The van der Waals surface area contributed by atoms with Crippen LogP contribution in [0.4, 0.5) is 0 Å². The molecule has 1 aromatic heterocycles. The molecule has 19 heavy (non-hydrogen) atoms. The van der Waals surface area contributed by atoms with Crippen LogP contribution in [-0.4, -0.2) is 50.6 Å². The van der Waals surface area contributed by atoms with Crippen LogP contribution in [0.15, 0.2) is 18.2 Å². The molecular weight excluding hydrogens is 244 g/mol. The molecule has 0 atom stereocenters. The first kappa shape index (κ1) is 13.5. The molecule has 0 aliphatic heterocycles. The number of fused-ring (bicyclic) bond motifs is 1. The lowest BCUT2D eigenvalue weighted by atomic mass is 10.2. The topological polar surface area (TPSA) is 71.2 Å². The second-order valence-corrected chi connectivity index (χ2v) is 4.35. The Hall–Kier alpha value is -1.95. The zero-order valence-electron chi connectivity index (χ0n) is 11.2. The Kier molecular flexibility index (Phi) is 4.11. The minimum absolute atomic E-state index is 0.263. The predicted octanol–water partition coefficient (Wildman–Crippen LogP) is 1.47. The maximum absolute atomic E-state index is 11.0. The van der Waals surface area contributed by atoms with Crippen molar-refractivity contribution < 1.29 is 9.90 Å². The SMILES string of the molecule is CCN(CC)CCn1nnc2ccc(C(=O)O)cc21. The van der Waals surface area contributed by atoms with Gasteiger partial charge in [0.25, 0.3) is 0 Å². The van der Waals surface area contributed by atoms with Crippen LogP contribution in [-0.2, 0) is 6.54 Å². The van der Waals surface area contributed by atoms with E-state index >= 15 is 0 Å². The summed E-state index contributed by atoms with van der Waals surface area (Å²) in [5, 5.41) is 17.1. The Morgan fingerprint density at radius 3 is 2.74 bits per heavy atom. The van der Waals surface area contributed by atoms with E-state index in [-0.39, 0.29) is 5.56 Å². The first-order chi connectivity index (χ1) is 9.15. The molecule has 102 valence electrons. The highest BCUT2D eigenvalue weighted by Gasteiger charge is 2.09. The van der Waals surface area contributed by atoms with E-state index in [4.69, 9.17) is 5.11 Å². The van der Waals surface area contributed by atoms with E-state index in [2.05, 4.69) is 29.1 Å².